The molecule has 4 heteroatoms. The van der Waals surface area contributed by atoms with Crippen LogP contribution in [0.1, 0.15) is 5.56 Å². The maximum atomic E-state index is 9.76. The largest absolute Gasteiger partial charge is 0.396 e. The van der Waals surface area contributed by atoms with Crippen molar-refractivity contribution < 1.29 is 14.6 Å². The Morgan fingerprint density at radius 2 is 1.72 bits per heavy atom. The molecule has 1 aromatic carbocycles. The van der Waals surface area contributed by atoms with E-state index in [1.165, 1.54) is 10.5 Å². The van der Waals surface area contributed by atoms with Crippen LogP contribution in [0, 0.1) is 5.41 Å². The summed E-state index contributed by atoms with van der Waals surface area (Å²) in [5.74, 6) is 0. The van der Waals surface area contributed by atoms with Gasteiger partial charge < -0.3 is 14.6 Å². The van der Waals surface area contributed by atoms with Crippen molar-refractivity contribution in [3.05, 3.63) is 29.8 Å². The zero-order valence-corrected chi connectivity index (χ0v) is 11.3. The van der Waals surface area contributed by atoms with Crippen molar-refractivity contribution in [2.75, 3.05) is 39.3 Å². The van der Waals surface area contributed by atoms with Gasteiger partial charge in [0, 0.05) is 4.90 Å². The van der Waals surface area contributed by atoms with E-state index in [9.17, 15) is 5.11 Å². The zero-order valence-electron chi connectivity index (χ0n) is 10.5. The first-order chi connectivity index (χ1) is 8.76. The van der Waals surface area contributed by atoms with Gasteiger partial charge in [-0.15, -0.1) is 11.8 Å². The molecule has 2 saturated heterocycles. The molecule has 3 nitrogen and oxygen atoms in total. The second kappa shape index (κ2) is 4.53. The van der Waals surface area contributed by atoms with Crippen LogP contribution in [0.3, 0.4) is 0 Å². The molecule has 0 amide bonds. The third-order valence-corrected chi connectivity index (χ3v) is 5.16. The molecule has 0 bridgehead atoms. The average molecular weight is 266 g/mol. The molecule has 0 saturated carbocycles. The minimum Gasteiger partial charge on any atom is -0.396 e. The topological polar surface area (TPSA) is 38.7 Å². The first kappa shape index (κ1) is 12.5. The first-order valence-corrected chi connectivity index (χ1v) is 7.40. The van der Waals surface area contributed by atoms with E-state index in [2.05, 4.69) is 30.5 Å². The van der Waals surface area contributed by atoms with E-state index < -0.39 is 0 Å². The third kappa shape index (κ3) is 1.56. The molecule has 2 fully saturated rings. The second-order valence-electron chi connectivity index (χ2n) is 5.23. The summed E-state index contributed by atoms with van der Waals surface area (Å²) in [5, 5.41) is 9.76. The summed E-state index contributed by atoms with van der Waals surface area (Å²) in [7, 11) is 0. The number of rotatable bonds is 4. The summed E-state index contributed by atoms with van der Waals surface area (Å²) in [6.07, 6.45) is 2.08. The predicted molar refractivity (Wildman–Crippen MR) is 71.1 cm³/mol. The van der Waals surface area contributed by atoms with Crippen LogP contribution < -0.4 is 0 Å². The molecule has 0 aliphatic carbocycles. The minimum atomic E-state index is -0.147. The molecule has 2 aliphatic rings. The highest BCUT2D eigenvalue weighted by Crippen LogP contribution is 2.51. The molecule has 0 radical (unpaired) electrons. The summed E-state index contributed by atoms with van der Waals surface area (Å²) in [6.45, 7) is 2.82. The predicted octanol–water partition coefficient (Wildman–Crippen LogP) is 1.69. The number of hydrogen-bond donors (Lipinski definition) is 1. The molecule has 3 rings (SSSR count). The van der Waals surface area contributed by atoms with Crippen molar-refractivity contribution in [2.45, 2.75) is 10.3 Å². The molecule has 98 valence electrons. The molecule has 18 heavy (non-hydrogen) atoms. The van der Waals surface area contributed by atoms with Crippen LogP contribution in [-0.4, -0.2) is 44.4 Å². The highest BCUT2D eigenvalue weighted by atomic mass is 32.2. The molecule has 0 spiro atoms. The van der Waals surface area contributed by atoms with E-state index in [1.54, 1.807) is 11.8 Å². The van der Waals surface area contributed by atoms with Gasteiger partial charge in [-0.25, -0.2) is 0 Å². The monoisotopic (exact) mass is 266 g/mol. The van der Waals surface area contributed by atoms with Gasteiger partial charge in [-0.05, 0) is 24.0 Å². The lowest BCUT2D eigenvalue weighted by Gasteiger charge is -2.58. The van der Waals surface area contributed by atoms with E-state index in [-0.39, 0.29) is 17.4 Å². The third-order valence-electron chi connectivity index (χ3n) is 4.41. The molecular weight excluding hydrogens is 248 g/mol. The number of ether oxygens (including phenoxy) is 2. The average Bonchev–Trinajstić information content (AvgIpc) is 2.31. The van der Waals surface area contributed by atoms with Gasteiger partial charge in [-0.1, -0.05) is 12.1 Å². The number of aliphatic hydroxyl groups is 1. The standard InChI is InChI=1S/C14H18O3S/c1-18-12-4-2-11(3-5-12)14(9-17-10-14)13(6-15)7-16-8-13/h2-5,15H,6-10H2,1H3. The molecule has 2 aliphatic heterocycles. The Bertz CT molecular complexity index is 416. The molecule has 1 N–H and O–H groups in total. The Hall–Kier alpha value is -0.550. The summed E-state index contributed by atoms with van der Waals surface area (Å²) >= 11 is 1.74. The van der Waals surface area contributed by atoms with Crippen LogP contribution in [0.15, 0.2) is 29.2 Å². The number of hydrogen-bond acceptors (Lipinski definition) is 4. The van der Waals surface area contributed by atoms with Crippen molar-refractivity contribution >= 4 is 11.8 Å². The quantitative estimate of drug-likeness (QED) is 0.842. The van der Waals surface area contributed by atoms with E-state index in [4.69, 9.17) is 9.47 Å². The second-order valence-corrected chi connectivity index (χ2v) is 6.11. The van der Waals surface area contributed by atoms with Crippen LogP contribution in [0.25, 0.3) is 0 Å². The Morgan fingerprint density at radius 3 is 2.06 bits per heavy atom. The molecule has 0 unspecified atom stereocenters. The Kier molecular flexibility index (Phi) is 3.14. The summed E-state index contributed by atoms with van der Waals surface area (Å²) in [5.41, 5.74) is 1.06. The van der Waals surface area contributed by atoms with Gasteiger partial charge in [-0.3, -0.25) is 0 Å². The van der Waals surface area contributed by atoms with E-state index in [1.807, 2.05) is 0 Å². The molecule has 1 aromatic rings. The van der Waals surface area contributed by atoms with Crippen LogP contribution in [0.5, 0.6) is 0 Å². The summed E-state index contributed by atoms with van der Waals surface area (Å²) in [6, 6.07) is 8.63. The van der Waals surface area contributed by atoms with Gasteiger partial charge in [0.2, 0.25) is 0 Å². The lowest BCUT2D eigenvalue weighted by molar-refractivity contribution is -0.242. The van der Waals surface area contributed by atoms with Gasteiger partial charge in [0.1, 0.15) is 0 Å². The van der Waals surface area contributed by atoms with E-state index in [0.29, 0.717) is 26.4 Å². The number of thioether (sulfide) groups is 1. The fourth-order valence-corrected chi connectivity index (χ4v) is 3.27. The smallest absolute Gasteiger partial charge is 0.0593 e. The lowest BCUT2D eigenvalue weighted by atomic mass is 9.57. The maximum Gasteiger partial charge on any atom is 0.0593 e. The van der Waals surface area contributed by atoms with E-state index >= 15 is 0 Å². The maximum absolute atomic E-state index is 9.76. The van der Waals surface area contributed by atoms with Gasteiger partial charge in [0.15, 0.2) is 0 Å². The number of aliphatic hydroxyl groups excluding tert-OH is 1. The van der Waals surface area contributed by atoms with E-state index in [0.717, 1.165) is 0 Å². The van der Waals surface area contributed by atoms with Crippen molar-refractivity contribution in [1.29, 1.82) is 0 Å². The summed E-state index contributed by atoms with van der Waals surface area (Å²) < 4.78 is 10.8. The Labute approximate surface area is 111 Å². The Morgan fingerprint density at radius 1 is 1.11 bits per heavy atom. The van der Waals surface area contributed by atoms with Crippen molar-refractivity contribution in [3.63, 3.8) is 0 Å². The van der Waals surface area contributed by atoms with Crippen LogP contribution in [0.2, 0.25) is 0 Å². The van der Waals surface area contributed by atoms with Crippen LogP contribution in [0.4, 0.5) is 0 Å². The van der Waals surface area contributed by atoms with Crippen LogP contribution >= 0.6 is 11.8 Å². The highest BCUT2D eigenvalue weighted by Gasteiger charge is 2.60. The first-order valence-electron chi connectivity index (χ1n) is 6.17. The fourth-order valence-electron chi connectivity index (χ4n) is 2.86. The highest BCUT2D eigenvalue weighted by molar-refractivity contribution is 7.98. The minimum absolute atomic E-state index is 0.0586. The number of benzene rings is 1. The molecule has 0 aromatic heterocycles. The fraction of sp³-hybridized carbons (Fsp3) is 0.571. The van der Waals surface area contributed by atoms with Crippen LogP contribution in [-0.2, 0) is 14.9 Å². The molecular formula is C14H18O3S. The van der Waals surface area contributed by atoms with Crippen molar-refractivity contribution in [2.24, 2.45) is 5.41 Å². The van der Waals surface area contributed by atoms with Crippen molar-refractivity contribution in [1.82, 2.24) is 0 Å². The SMILES string of the molecule is CSc1ccc(C2(C3(CO)COC3)COC2)cc1. The zero-order chi connectivity index (χ0) is 12.6. The van der Waals surface area contributed by atoms with Gasteiger partial charge >= 0.3 is 0 Å². The lowest BCUT2D eigenvalue weighted by Crippen LogP contribution is -2.68. The van der Waals surface area contributed by atoms with Gasteiger partial charge in [0.25, 0.3) is 0 Å². The van der Waals surface area contributed by atoms with Crippen molar-refractivity contribution in [3.8, 4) is 0 Å². The summed E-state index contributed by atoms with van der Waals surface area (Å²) in [4.78, 5) is 1.26. The Balaban J connectivity index is 1.95. The normalized spacial score (nSPS) is 24.1. The molecule has 0 atom stereocenters. The van der Waals surface area contributed by atoms with Gasteiger partial charge in [-0.2, -0.15) is 0 Å². The van der Waals surface area contributed by atoms with Gasteiger partial charge in [0.05, 0.1) is 43.9 Å². The molecule has 2 heterocycles.